The summed E-state index contributed by atoms with van der Waals surface area (Å²) in [6.07, 6.45) is 0. The first-order valence-electron chi connectivity index (χ1n) is 7.47. The van der Waals surface area contributed by atoms with E-state index in [2.05, 4.69) is 0 Å². The van der Waals surface area contributed by atoms with Gasteiger partial charge >= 0.3 is 0 Å². The topological polar surface area (TPSA) is 86.3 Å². The molecular weight excluding hydrogens is 372 g/mol. The quantitative estimate of drug-likeness (QED) is 0.394. The molecule has 6 nitrogen and oxygen atoms in total. The molecule has 0 aliphatic rings. The minimum Gasteiger partial charge on any atom is -0.258 e. The molecular formula is C18H12N2O4S2. The van der Waals surface area contributed by atoms with Crippen LogP contribution in [-0.2, 0) is 0 Å². The number of non-ortho nitro benzene ring substituents is 1. The average Bonchev–Trinajstić information content (AvgIpc) is 2.64. The Balaban J connectivity index is 2.14. The van der Waals surface area contributed by atoms with E-state index in [1.807, 2.05) is 60.7 Å². The molecule has 0 radical (unpaired) electrons. The van der Waals surface area contributed by atoms with E-state index in [4.69, 9.17) is 0 Å². The lowest BCUT2D eigenvalue weighted by Gasteiger charge is -2.10. The van der Waals surface area contributed by atoms with Gasteiger partial charge in [0, 0.05) is 20.8 Å². The number of nitro groups is 2. The highest BCUT2D eigenvalue weighted by Crippen LogP contribution is 2.45. The number of hydrogen-bond donors (Lipinski definition) is 0. The third-order valence-corrected chi connectivity index (χ3v) is 5.68. The second kappa shape index (κ2) is 8.03. The Morgan fingerprint density at radius 1 is 0.692 bits per heavy atom. The molecule has 3 rings (SSSR count). The van der Waals surface area contributed by atoms with Crippen molar-refractivity contribution in [3.63, 3.8) is 0 Å². The van der Waals surface area contributed by atoms with Gasteiger partial charge in [0.1, 0.15) is 4.90 Å². The van der Waals surface area contributed by atoms with E-state index in [9.17, 15) is 20.2 Å². The summed E-state index contributed by atoms with van der Waals surface area (Å²) in [5.41, 5.74) is -0.570. The molecule has 130 valence electrons. The van der Waals surface area contributed by atoms with Crippen molar-refractivity contribution < 1.29 is 9.85 Å². The predicted octanol–water partition coefficient (Wildman–Crippen LogP) is 5.81. The van der Waals surface area contributed by atoms with Gasteiger partial charge in [-0.3, -0.25) is 20.2 Å². The molecule has 26 heavy (non-hydrogen) atoms. The number of hydrogen-bond acceptors (Lipinski definition) is 6. The number of nitrogens with zero attached hydrogens (tertiary/aromatic N) is 2. The van der Waals surface area contributed by atoms with Crippen molar-refractivity contribution in [2.45, 2.75) is 19.6 Å². The van der Waals surface area contributed by atoms with Crippen molar-refractivity contribution >= 4 is 34.9 Å². The molecule has 0 amide bonds. The first-order valence-corrected chi connectivity index (χ1v) is 9.10. The summed E-state index contributed by atoms with van der Waals surface area (Å²) in [6.45, 7) is 0. The summed E-state index contributed by atoms with van der Waals surface area (Å²) in [5, 5.41) is 22.8. The predicted molar refractivity (Wildman–Crippen MR) is 101 cm³/mol. The van der Waals surface area contributed by atoms with Gasteiger partial charge in [0.25, 0.3) is 11.4 Å². The molecule has 3 aromatic rings. The van der Waals surface area contributed by atoms with E-state index < -0.39 is 9.85 Å². The van der Waals surface area contributed by atoms with Crippen LogP contribution in [-0.4, -0.2) is 9.85 Å². The van der Waals surface area contributed by atoms with Crippen LogP contribution in [0.4, 0.5) is 11.4 Å². The molecule has 0 aromatic heterocycles. The summed E-state index contributed by atoms with van der Waals surface area (Å²) in [7, 11) is 0. The lowest BCUT2D eigenvalue weighted by molar-refractivity contribution is -0.396. The Labute approximate surface area is 157 Å². The van der Waals surface area contributed by atoms with Crippen molar-refractivity contribution in [1.29, 1.82) is 0 Å². The molecule has 0 fully saturated rings. The zero-order valence-electron chi connectivity index (χ0n) is 13.3. The van der Waals surface area contributed by atoms with Crippen LogP contribution < -0.4 is 0 Å². The zero-order valence-corrected chi connectivity index (χ0v) is 14.9. The molecule has 0 saturated carbocycles. The number of rotatable bonds is 6. The van der Waals surface area contributed by atoms with Crippen LogP contribution in [0.1, 0.15) is 0 Å². The smallest absolute Gasteiger partial charge is 0.258 e. The lowest BCUT2D eigenvalue weighted by Crippen LogP contribution is -1.97. The molecule has 0 saturated heterocycles. The minimum absolute atomic E-state index is 0.272. The van der Waals surface area contributed by atoms with Gasteiger partial charge in [0.15, 0.2) is 0 Å². The Bertz CT molecular complexity index is 950. The van der Waals surface area contributed by atoms with E-state index in [1.54, 1.807) is 0 Å². The molecule has 0 heterocycles. The summed E-state index contributed by atoms with van der Waals surface area (Å²) in [4.78, 5) is 24.1. The molecule has 0 spiro atoms. The minimum atomic E-state index is -0.612. The van der Waals surface area contributed by atoms with Gasteiger partial charge in [-0.25, -0.2) is 0 Å². The summed E-state index contributed by atoms with van der Waals surface area (Å²) >= 11 is 2.49. The monoisotopic (exact) mass is 384 g/mol. The van der Waals surface area contributed by atoms with Crippen LogP contribution in [0.15, 0.2) is 92.4 Å². The van der Waals surface area contributed by atoms with E-state index >= 15 is 0 Å². The second-order valence-electron chi connectivity index (χ2n) is 5.14. The van der Waals surface area contributed by atoms with Gasteiger partial charge in [-0.1, -0.05) is 59.9 Å². The zero-order chi connectivity index (χ0) is 18.5. The Kier molecular flexibility index (Phi) is 5.55. The highest BCUT2D eigenvalue weighted by Gasteiger charge is 2.25. The Hall–Kier alpha value is -2.84. The molecule has 3 aromatic carbocycles. The maximum Gasteiger partial charge on any atom is 0.291 e. The number of benzene rings is 3. The van der Waals surface area contributed by atoms with E-state index in [-0.39, 0.29) is 11.4 Å². The lowest BCUT2D eigenvalue weighted by atomic mass is 10.3. The van der Waals surface area contributed by atoms with Crippen molar-refractivity contribution in [3.05, 3.63) is 93.0 Å². The summed E-state index contributed by atoms with van der Waals surface area (Å²) in [6, 6.07) is 20.9. The molecule has 0 unspecified atom stereocenters. The van der Waals surface area contributed by atoms with E-state index in [0.29, 0.717) is 9.79 Å². The first kappa shape index (κ1) is 18.0. The standard InChI is InChI=1S/C18H12N2O4S2/c21-19(22)13-11-16(20(23)24)18(26-15-9-5-2-6-10-15)17(12-13)25-14-7-3-1-4-8-14/h1-12H. The Morgan fingerprint density at radius 3 is 1.73 bits per heavy atom. The van der Waals surface area contributed by atoms with Gasteiger partial charge in [-0.2, -0.15) is 0 Å². The summed E-state index contributed by atoms with van der Waals surface area (Å²) < 4.78 is 0. The van der Waals surface area contributed by atoms with Gasteiger partial charge in [0.05, 0.1) is 15.9 Å². The normalized spacial score (nSPS) is 10.5. The molecule has 0 aliphatic carbocycles. The largest absolute Gasteiger partial charge is 0.291 e. The van der Waals surface area contributed by atoms with Gasteiger partial charge in [-0.15, -0.1) is 0 Å². The highest BCUT2D eigenvalue weighted by molar-refractivity contribution is 8.02. The van der Waals surface area contributed by atoms with E-state index in [1.165, 1.54) is 29.6 Å². The van der Waals surface area contributed by atoms with Crippen molar-refractivity contribution in [3.8, 4) is 0 Å². The second-order valence-corrected chi connectivity index (χ2v) is 7.34. The average molecular weight is 384 g/mol. The highest BCUT2D eigenvalue weighted by atomic mass is 32.2. The fourth-order valence-electron chi connectivity index (χ4n) is 2.21. The first-order chi connectivity index (χ1) is 12.5. The van der Waals surface area contributed by atoms with Crippen LogP contribution in [0.2, 0.25) is 0 Å². The van der Waals surface area contributed by atoms with Gasteiger partial charge in [-0.05, 0) is 24.3 Å². The van der Waals surface area contributed by atoms with Crippen LogP contribution in [0.5, 0.6) is 0 Å². The van der Waals surface area contributed by atoms with Crippen LogP contribution in [0.25, 0.3) is 0 Å². The fourth-order valence-corrected chi connectivity index (χ4v) is 4.32. The molecule has 0 atom stereocenters. The fraction of sp³-hybridized carbons (Fsp3) is 0. The van der Waals surface area contributed by atoms with Crippen LogP contribution >= 0.6 is 23.5 Å². The molecule has 0 aliphatic heterocycles. The van der Waals surface area contributed by atoms with Crippen molar-refractivity contribution in [2.75, 3.05) is 0 Å². The third kappa shape index (κ3) is 4.22. The van der Waals surface area contributed by atoms with Crippen LogP contribution in [0.3, 0.4) is 0 Å². The molecule has 8 heteroatoms. The van der Waals surface area contributed by atoms with E-state index in [0.717, 1.165) is 15.9 Å². The number of nitro benzene ring substituents is 2. The Morgan fingerprint density at radius 2 is 1.23 bits per heavy atom. The van der Waals surface area contributed by atoms with Gasteiger partial charge in [0.2, 0.25) is 0 Å². The summed E-state index contributed by atoms with van der Waals surface area (Å²) in [5.74, 6) is 0. The van der Waals surface area contributed by atoms with Crippen molar-refractivity contribution in [1.82, 2.24) is 0 Å². The van der Waals surface area contributed by atoms with Crippen molar-refractivity contribution in [2.24, 2.45) is 0 Å². The maximum atomic E-state index is 11.6. The molecule has 0 N–H and O–H groups in total. The molecule has 0 bridgehead atoms. The van der Waals surface area contributed by atoms with Crippen LogP contribution in [0, 0.1) is 20.2 Å². The SMILES string of the molecule is O=[N+]([O-])c1cc(Sc2ccccc2)c(Sc2ccccc2)c([N+](=O)[O-])c1. The third-order valence-electron chi connectivity index (χ3n) is 3.36. The maximum absolute atomic E-state index is 11.6. The van der Waals surface area contributed by atoms with Gasteiger partial charge < -0.3 is 0 Å².